The SMILES string of the molecule is CB(O)N1C2CCC[C@@H]1CC(C=O)C2. The summed E-state index contributed by atoms with van der Waals surface area (Å²) in [6, 6.07) is 0.885. The monoisotopic (exact) mass is 195 g/mol. The van der Waals surface area contributed by atoms with Crippen LogP contribution in [0.5, 0.6) is 0 Å². The van der Waals surface area contributed by atoms with Crippen LogP contribution in [0.15, 0.2) is 0 Å². The van der Waals surface area contributed by atoms with Gasteiger partial charge in [-0.15, -0.1) is 0 Å². The van der Waals surface area contributed by atoms with Crippen LogP contribution in [0.2, 0.25) is 6.82 Å². The first-order valence-electron chi connectivity index (χ1n) is 5.63. The number of nitrogens with zero attached hydrogens (tertiary/aromatic N) is 1. The Hall–Kier alpha value is -0.345. The Morgan fingerprint density at radius 2 is 1.93 bits per heavy atom. The number of hydrogen-bond acceptors (Lipinski definition) is 3. The first-order chi connectivity index (χ1) is 6.72. The van der Waals surface area contributed by atoms with Crippen LogP contribution < -0.4 is 0 Å². The van der Waals surface area contributed by atoms with Crippen LogP contribution in [0, 0.1) is 5.92 Å². The number of rotatable bonds is 2. The van der Waals surface area contributed by atoms with Crippen LogP contribution in [-0.4, -0.2) is 35.3 Å². The predicted octanol–water partition coefficient (Wildman–Crippen LogP) is 0.929. The molecule has 3 atom stereocenters. The topological polar surface area (TPSA) is 40.5 Å². The second-order valence-corrected chi connectivity index (χ2v) is 4.69. The lowest BCUT2D eigenvalue weighted by atomic mass is 9.70. The molecule has 0 spiro atoms. The first-order valence-corrected chi connectivity index (χ1v) is 5.63. The molecule has 0 radical (unpaired) electrons. The zero-order chi connectivity index (χ0) is 10.1. The van der Waals surface area contributed by atoms with Crippen LogP contribution in [0.4, 0.5) is 0 Å². The quantitative estimate of drug-likeness (QED) is 0.526. The molecule has 2 bridgehead atoms. The molecule has 2 aliphatic rings. The van der Waals surface area contributed by atoms with Crippen molar-refractivity contribution >= 4 is 13.3 Å². The number of fused-ring (bicyclic) bond motifs is 2. The van der Waals surface area contributed by atoms with E-state index in [-0.39, 0.29) is 13.0 Å². The van der Waals surface area contributed by atoms with E-state index in [2.05, 4.69) is 4.81 Å². The fourth-order valence-corrected chi connectivity index (χ4v) is 3.18. The molecule has 0 aromatic carbocycles. The van der Waals surface area contributed by atoms with Crippen LogP contribution in [0.1, 0.15) is 32.1 Å². The Labute approximate surface area is 85.6 Å². The molecule has 2 aliphatic heterocycles. The van der Waals surface area contributed by atoms with Gasteiger partial charge in [-0.25, -0.2) is 0 Å². The van der Waals surface area contributed by atoms with E-state index in [0.29, 0.717) is 12.1 Å². The highest BCUT2D eigenvalue weighted by Crippen LogP contribution is 2.36. The summed E-state index contributed by atoms with van der Waals surface area (Å²) in [6.45, 7) is 1.84. The molecule has 78 valence electrons. The van der Waals surface area contributed by atoms with E-state index in [1.165, 1.54) is 6.42 Å². The van der Waals surface area contributed by atoms with Gasteiger partial charge in [0, 0.05) is 18.0 Å². The molecule has 2 fully saturated rings. The highest BCUT2D eigenvalue weighted by atomic mass is 16.2. The second kappa shape index (κ2) is 4.03. The molecule has 0 aromatic rings. The molecular formula is C10H18BNO2. The van der Waals surface area contributed by atoms with Crippen molar-refractivity contribution in [2.75, 3.05) is 0 Å². The maximum atomic E-state index is 10.8. The van der Waals surface area contributed by atoms with Crippen molar-refractivity contribution in [2.45, 2.75) is 51.0 Å². The molecule has 0 aromatic heterocycles. The Morgan fingerprint density at radius 3 is 2.36 bits per heavy atom. The van der Waals surface area contributed by atoms with Crippen LogP contribution in [0.3, 0.4) is 0 Å². The van der Waals surface area contributed by atoms with Gasteiger partial charge in [-0.3, -0.25) is 0 Å². The fraction of sp³-hybridized carbons (Fsp3) is 0.900. The maximum Gasteiger partial charge on any atom is 0.376 e. The lowest BCUT2D eigenvalue weighted by Gasteiger charge is -2.48. The van der Waals surface area contributed by atoms with Crippen molar-refractivity contribution in [1.29, 1.82) is 0 Å². The van der Waals surface area contributed by atoms with Crippen molar-refractivity contribution in [1.82, 2.24) is 4.81 Å². The van der Waals surface area contributed by atoms with Gasteiger partial charge in [-0.05, 0) is 32.5 Å². The van der Waals surface area contributed by atoms with Gasteiger partial charge in [-0.1, -0.05) is 6.42 Å². The number of piperidine rings is 2. The molecule has 2 rings (SSSR count). The summed E-state index contributed by atoms with van der Waals surface area (Å²) in [6.07, 6.45) is 6.54. The van der Waals surface area contributed by atoms with Gasteiger partial charge < -0.3 is 14.6 Å². The Bertz CT molecular complexity index is 208. The second-order valence-electron chi connectivity index (χ2n) is 4.69. The average molecular weight is 195 g/mol. The van der Waals surface area contributed by atoms with E-state index in [1.54, 1.807) is 0 Å². The highest BCUT2D eigenvalue weighted by molar-refractivity contribution is 6.45. The van der Waals surface area contributed by atoms with Crippen molar-refractivity contribution < 1.29 is 9.82 Å². The maximum absolute atomic E-state index is 10.8. The third-order valence-corrected chi connectivity index (χ3v) is 3.69. The normalized spacial score (nSPS) is 38.0. The van der Waals surface area contributed by atoms with Gasteiger partial charge in [0.05, 0.1) is 0 Å². The number of carbonyl (C=O) groups is 1. The third-order valence-electron chi connectivity index (χ3n) is 3.69. The van der Waals surface area contributed by atoms with E-state index >= 15 is 0 Å². The summed E-state index contributed by atoms with van der Waals surface area (Å²) in [7, 11) is -0.349. The van der Waals surface area contributed by atoms with Gasteiger partial charge in [0.2, 0.25) is 0 Å². The smallest absolute Gasteiger partial charge is 0.376 e. The molecule has 0 amide bonds. The summed E-state index contributed by atoms with van der Waals surface area (Å²) in [5.41, 5.74) is 0. The standard InChI is InChI=1S/C10H18BNO2/c1-11(14)12-9-3-2-4-10(12)6-8(5-9)7-13/h7-10,14H,2-6H2,1H3/t8?,9-,10?/m1/s1. The predicted molar refractivity (Wildman–Crippen MR) is 55.9 cm³/mol. The van der Waals surface area contributed by atoms with Crippen molar-refractivity contribution in [2.24, 2.45) is 5.92 Å². The first kappa shape index (κ1) is 10.2. The molecule has 2 heterocycles. The summed E-state index contributed by atoms with van der Waals surface area (Å²) >= 11 is 0. The molecule has 0 saturated carbocycles. The summed E-state index contributed by atoms with van der Waals surface area (Å²) in [4.78, 5) is 13.0. The minimum atomic E-state index is -0.349. The molecule has 14 heavy (non-hydrogen) atoms. The van der Waals surface area contributed by atoms with Gasteiger partial charge in [-0.2, -0.15) is 0 Å². The van der Waals surface area contributed by atoms with E-state index in [1.807, 2.05) is 6.82 Å². The van der Waals surface area contributed by atoms with E-state index in [4.69, 9.17) is 0 Å². The zero-order valence-corrected chi connectivity index (χ0v) is 8.72. The minimum Gasteiger partial charge on any atom is -0.437 e. The van der Waals surface area contributed by atoms with Crippen molar-refractivity contribution in [3.05, 3.63) is 0 Å². The van der Waals surface area contributed by atoms with Gasteiger partial charge in [0.15, 0.2) is 0 Å². The lowest BCUT2D eigenvalue weighted by Crippen LogP contribution is -2.57. The largest absolute Gasteiger partial charge is 0.437 e. The van der Waals surface area contributed by atoms with E-state index < -0.39 is 0 Å². The number of carbonyl (C=O) groups excluding carboxylic acids is 1. The van der Waals surface area contributed by atoms with Gasteiger partial charge in [0.1, 0.15) is 6.29 Å². The summed E-state index contributed by atoms with van der Waals surface area (Å²) < 4.78 is 0. The number of aldehydes is 1. The van der Waals surface area contributed by atoms with Crippen LogP contribution >= 0.6 is 0 Å². The average Bonchev–Trinajstić information content (AvgIpc) is 2.15. The lowest BCUT2D eigenvalue weighted by molar-refractivity contribution is -0.113. The third kappa shape index (κ3) is 1.73. The molecular weight excluding hydrogens is 177 g/mol. The van der Waals surface area contributed by atoms with E-state index in [9.17, 15) is 9.82 Å². The van der Waals surface area contributed by atoms with Crippen LogP contribution in [0.25, 0.3) is 0 Å². The molecule has 2 unspecified atom stereocenters. The Balaban J connectivity index is 2.11. The molecule has 1 N–H and O–H groups in total. The number of hydrogen-bond donors (Lipinski definition) is 1. The molecule has 2 saturated heterocycles. The Morgan fingerprint density at radius 1 is 1.36 bits per heavy atom. The van der Waals surface area contributed by atoms with Gasteiger partial charge in [0.25, 0.3) is 0 Å². The van der Waals surface area contributed by atoms with Gasteiger partial charge >= 0.3 is 7.05 Å². The summed E-state index contributed by atoms with van der Waals surface area (Å²) in [5.74, 6) is 0.236. The molecule has 4 heteroatoms. The molecule has 3 nitrogen and oxygen atoms in total. The van der Waals surface area contributed by atoms with Crippen molar-refractivity contribution in [3.63, 3.8) is 0 Å². The fourth-order valence-electron chi connectivity index (χ4n) is 3.18. The highest BCUT2D eigenvalue weighted by Gasteiger charge is 2.40. The molecule has 0 aliphatic carbocycles. The van der Waals surface area contributed by atoms with Crippen LogP contribution in [-0.2, 0) is 4.79 Å². The minimum absolute atomic E-state index is 0.236. The zero-order valence-electron chi connectivity index (χ0n) is 8.72. The summed E-state index contributed by atoms with van der Waals surface area (Å²) in [5, 5.41) is 9.68. The Kier molecular flexibility index (Phi) is 2.93. The van der Waals surface area contributed by atoms with Crippen molar-refractivity contribution in [3.8, 4) is 0 Å². The van der Waals surface area contributed by atoms with E-state index in [0.717, 1.165) is 32.0 Å².